The Morgan fingerprint density at radius 1 is 1.33 bits per heavy atom. The predicted octanol–water partition coefficient (Wildman–Crippen LogP) is 1.97. The van der Waals surface area contributed by atoms with Crippen LogP contribution < -0.4 is 14.8 Å². The Labute approximate surface area is 144 Å². The molecule has 1 saturated heterocycles. The molecule has 3 aliphatic rings. The maximum Gasteiger partial charge on any atom is 0.127 e. The lowest BCUT2D eigenvalue weighted by Gasteiger charge is -2.33. The Bertz CT molecular complexity index is 588. The Balaban J connectivity index is 1.35. The van der Waals surface area contributed by atoms with E-state index in [4.69, 9.17) is 14.2 Å². The molecule has 1 N–H and O–H groups in total. The van der Waals surface area contributed by atoms with Gasteiger partial charge in [0.15, 0.2) is 0 Å². The van der Waals surface area contributed by atoms with E-state index < -0.39 is 0 Å². The quantitative estimate of drug-likeness (QED) is 0.863. The maximum atomic E-state index is 6.00. The fraction of sp³-hybridized carbons (Fsp3) is 0.684. The zero-order valence-electron chi connectivity index (χ0n) is 14.7. The number of rotatable bonds is 6. The molecule has 1 aromatic rings. The summed E-state index contributed by atoms with van der Waals surface area (Å²) in [5, 5.41) is 3.56. The normalized spacial score (nSPS) is 26.9. The summed E-state index contributed by atoms with van der Waals surface area (Å²) >= 11 is 0. The minimum atomic E-state index is 0.250. The topological polar surface area (TPSA) is 43.0 Å². The maximum absolute atomic E-state index is 6.00. The SMILES string of the molecule is COc1cc(CNC[C@H]2CN(C3CC3)CCO2)c2c(c1)C[C@H](C)O2. The minimum Gasteiger partial charge on any atom is -0.497 e. The average Bonchev–Trinajstić information content (AvgIpc) is 3.36. The van der Waals surface area contributed by atoms with Gasteiger partial charge < -0.3 is 19.5 Å². The number of ether oxygens (including phenoxy) is 3. The Morgan fingerprint density at radius 3 is 3.00 bits per heavy atom. The van der Waals surface area contributed by atoms with Crippen molar-refractivity contribution in [1.82, 2.24) is 10.2 Å². The fourth-order valence-corrected chi connectivity index (χ4v) is 3.83. The van der Waals surface area contributed by atoms with Crippen LogP contribution in [0.25, 0.3) is 0 Å². The molecule has 5 nitrogen and oxygen atoms in total. The van der Waals surface area contributed by atoms with Gasteiger partial charge in [-0.2, -0.15) is 0 Å². The second-order valence-electron chi connectivity index (χ2n) is 7.26. The van der Waals surface area contributed by atoms with Crippen LogP contribution >= 0.6 is 0 Å². The van der Waals surface area contributed by atoms with Crippen LogP contribution in [0.2, 0.25) is 0 Å². The summed E-state index contributed by atoms with van der Waals surface area (Å²) in [7, 11) is 1.72. The van der Waals surface area contributed by atoms with Crippen LogP contribution in [0.1, 0.15) is 30.9 Å². The molecule has 24 heavy (non-hydrogen) atoms. The third-order valence-electron chi connectivity index (χ3n) is 5.20. The summed E-state index contributed by atoms with van der Waals surface area (Å²) in [6.45, 7) is 6.79. The van der Waals surface area contributed by atoms with E-state index in [0.717, 1.165) is 56.7 Å². The number of nitrogens with one attached hydrogen (secondary N) is 1. The van der Waals surface area contributed by atoms with Gasteiger partial charge in [0.1, 0.15) is 17.6 Å². The molecule has 0 bridgehead atoms. The number of nitrogens with zero attached hydrogens (tertiary/aromatic N) is 1. The van der Waals surface area contributed by atoms with Gasteiger partial charge in [-0.1, -0.05) is 0 Å². The second kappa shape index (κ2) is 6.90. The molecule has 0 amide bonds. The van der Waals surface area contributed by atoms with Crippen molar-refractivity contribution in [3.8, 4) is 11.5 Å². The monoisotopic (exact) mass is 332 g/mol. The molecule has 1 saturated carbocycles. The van der Waals surface area contributed by atoms with Gasteiger partial charge in [-0.15, -0.1) is 0 Å². The lowest BCUT2D eigenvalue weighted by molar-refractivity contribution is -0.0301. The van der Waals surface area contributed by atoms with E-state index in [-0.39, 0.29) is 12.2 Å². The smallest absolute Gasteiger partial charge is 0.127 e. The number of hydrogen-bond acceptors (Lipinski definition) is 5. The Hall–Kier alpha value is -1.30. The summed E-state index contributed by atoms with van der Waals surface area (Å²) in [5.41, 5.74) is 2.44. The van der Waals surface area contributed by atoms with Crippen molar-refractivity contribution >= 4 is 0 Å². The highest BCUT2D eigenvalue weighted by molar-refractivity contribution is 5.49. The van der Waals surface area contributed by atoms with E-state index in [2.05, 4.69) is 29.3 Å². The zero-order valence-corrected chi connectivity index (χ0v) is 14.7. The van der Waals surface area contributed by atoms with E-state index in [0.29, 0.717) is 0 Å². The molecule has 2 fully saturated rings. The Morgan fingerprint density at radius 2 is 2.21 bits per heavy atom. The molecular formula is C19H28N2O3. The molecule has 0 unspecified atom stereocenters. The second-order valence-corrected chi connectivity index (χ2v) is 7.26. The van der Waals surface area contributed by atoms with Crippen LogP contribution in [0.15, 0.2) is 12.1 Å². The van der Waals surface area contributed by atoms with Crippen molar-refractivity contribution in [1.29, 1.82) is 0 Å². The zero-order chi connectivity index (χ0) is 16.5. The van der Waals surface area contributed by atoms with E-state index in [1.54, 1.807) is 7.11 Å². The summed E-state index contributed by atoms with van der Waals surface area (Å²) < 4.78 is 17.4. The van der Waals surface area contributed by atoms with Crippen LogP contribution in [-0.2, 0) is 17.7 Å². The number of morpholine rings is 1. The van der Waals surface area contributed by atoms with Gasteiger partial charge >= 0.3 is 0 Å². The summed E-state index contributed by atoms with van der Waals surface area (Å²) in [4.78, 5) is 2.59. The van der Waals surface area contributed by atoms with Crippen molar-refractivity contribution in [3.05, 3.63) is 23.3 Å². The standard InChI is InChI=1S/C19H28N2O3/c1-13-7-14-8-17(22-2)9-15(19(14)24-13)10-20-11-18-12-21(5-6-23-18)16-3-4-16/h8-9,13,16,18,20H,3-7,10-12H2,1-2H3/t13-,18-/m0/s1. The molecule has 132 valence electrons. The van der Waals surface area contributed by atoms with Gasteiger partial charge in [-0.3, -0.25) is 4.90 Å². The van der Waals surface area contributed by atoms with Gasteiger partial charge in [-0.25, -0.2) is 0 Å². The molecule has 0 radical (unpaired) electrons. The first-order valence-electron chi connectivity index (χ1n) is 9.15. The fourth-order valence-electron chi connectivity index (χ4n) is 3.83. The Kier molecular flexibility index (Phi) is 4.66. The van der Waals surface area contributed by atoms with Gasteiger partial charge in [0, 0.05) is 49.8 Å². The molecule has 1 aromatic carbocycles. The van der Waals surface area contributed by atoms with Gasteiger partial charge in [-0.05, 0) is 31.9 Å². The molecule has 5 heteroatoms. The first-order chi connectivity index (χ1) is 11.7. The van der Waals surface area contributed by atoms with Crippen molar-refractivity contribution < 1.29 is 14.2 Å². The third kappa shape index (κ3) is 3.53. The van der Waals surface area contributed by atoms with E-state index in [1.807, 2.05) is 0 Å². The van der Waals surface area contributed by atoms with Crippen molar-refractivity contribution in [2.45, 2.75) is 51.0 Å². The van der Waals surface area contributed by atoms with E-state index >= 15 is 0 Å². The third-order valence-corrected chi connectivity index (χ3v) is 5.20. The predicted molar refractivity (Wildman–Crippen MR) is 92.8 cm³/mol. The minimum absolute atomic E-state index is 0.250. The summed E-state index contributed by atoms with van der Waals surface area (Å²) in [6, 6.07) is 5.01. The average molecular weight is 332 g/mol. The van der Waals surface area contributed by atoms with Crippen LogP contribution in [0.3, 0.4) is 0 Å². The first kappa shape index (κ1) is 16.2. The summed E-state index contributed by atoms with van der Waals surface area (Å²) in [6.07, 6.45) is 4.23. The molecule has 1 aliphatic carbocycles. The molecule has 2 atom stereocenters. The van der Waals surface area contributed by atoms with Gasteiger partial charge in [0.25, 0.3) is 0 Å². The molecule has 0 aromatic heterocycles. The lowest BCUT2D eigenvalue weighted by Crippen LogP contribution is -2.47. The number of hydrogen-bond donors (Lipinski definition) is 1. The molecule has 0 spiro atoms. The highest BCUT2D eigenvalue weighted by atomic mass is 16.5. The van der Waals surface area contributed by atoms with Crippen molar-refractivity contribution in [3.63, 3.8) is 0 Å². The van der Waals surface area contributed by atoms with Crippen molar-refractivity contribution in [2.24, 2.45) is 0 Å². The van der Waals surface area contributed by atoms with E-state index in [9.17, 15) is 0 Å². The first-order valence-corrected chi connectivity index (χ1v) is 9.15. The number of benzene rings is 1. The van der Waals surface area contributed by atoms with E-state index in [1.165, 1.54) is 24.0 Å². The number of methoxy groups -OCH3 is 1. The van der Waals surface area contributed by atoms with Crippen molar-refractivity contribution in [2.75, 3.05) is 33.4 Å². The molecule has 4 rings (SSSR count). The lowest BCUT2D eigenvalue weighted by atomic mass is 10.1. The van der Waals surface area contributed by atoms with Crippen LogP contribution in [0, 0.1) is 0 Å². The molecule has 2 heterocycles. The van der Waals surface area contributed by atoms with Crippen LogP contribution in [-0.4, -0.2) is 56.5 Å². The van der Waals surface area contributed by atoms with Gasteiger partial charge in [0.05, 0.1) is 19.8 Å². The molecular weight excluding hydrogens is 304 g/mol. The van der Waals surface area contributed by atoms with Crippen LogP contribution in [0.5, 0.6) is 11.5 Å². The molecule has 2 aliphatic heterocycles. The van der Waals surface area contributed by atoms with Gasteiger partial charge in [0.2, 0.25) is 0 Å². The largest absolute Gasteiger partial charge is 0.497 e. The van der Waals surface area contributed by atoms with Crippen LogP contribution in [0.4, 0.5) is 0 Å². The highest BCUT2D eigenvalue weighted by Crippen LogP contribution is 2.36. The highest BCUT2D eigenvalue weighted by Gasteiger charge is 2.32. The summed E-state index contributed by atoms with van der Waals surface area (Å²) in [5.74, 6) is 1.96. The number of fused-ring (bicyclic) bond motifs is 1.